The van der Waals surface area contributed by atoms with Gasteiger partial charge < -0.3 is 35.8 Å². The monoisotopic (exact) mass is 651 g/mol. The smallest absolute Gasteiger partial charge is 0.224 e. The average Bonchev–Trinajstić information content (AvgIpc) is 3.11. The number of benzene rings is 3. The Morgan fingerprint density at radius 1 is 0.875 bits per heavy atom. The average molecular weight is 652 g/mol. The Morgan fingerprint density at radius 2 is 1.56 bits per heavy atom. The Bertz CT molecular complexity index is 1600. The molecule has 0 aliphatic carbocycles. The molecule has 0 unspecified atom stereocenters. The van der Waals surface area contributed by atoms with E-state index < -0.39 is 6.29 Å². The number of aliphatic hydroxyl groups excluding tert-OH is 1. The van der Waals surface area contributed by atoms with Crippen LogP contribution in [0.1, 0.15) is 66.9 Å². The lowest BCUT2D eigenvalue weighted by Gasteiger charge is -2.38. The van der Waals surface area contributed by atoms with Gasteiger partial charge in [-0.3, -0.25) is 14.6 Å². The van der Waals surface area contributed by atoms with E-state index in [1.165, 1.54) is 0 Å². The van der Waals surface area contributed by atoms with Gasteiger partial charge in [0.25, 0.3) is 0 Å². The summed E-state index contributed by atoms with van der Waals surface area (Å²) in [4.78, 5) is 31.6. The molecule has 0 spiro atoms. The summed E-state index contributed by atoms with van der Waals surface area (Å²) in [6.07, 6.45) is 4.31. The fourth-order valence-corrected chi connectivity index (χ4v) is 5.67. The number of hydrogen-bond acceptors (Lipinski definition) is 8. The number of rotatable bonds is 15. The van der Waals surface area contributed by atoms with Crippen LogP contribution in [0.15, 0.2) is 97.2 Å². The number of unbranched alkanes of at least 4 members (excludes halogenated alkanes) is 1. The fourth-order valence-electron chi connectivity index (χ4n) is 5.67. The van der Waals surface area contributed by atoms with Crippen molar-refractivity contribution in [3.05, 3.63) is 120 Å². The number of nitrogen functional groups attached to an aromatic ring is 1. The van der Waals surface area contributed by atoms with Crippen molar-refractivity contribution in [2.45, 2.75) is 63.6 Å². The van der Waals surface area contributed by atoms with E-state index >= 15 is 0 Å². The minimum atomic E-state index is -0.586. The van der Waals surface area contributed by atoms with Crippen LogP contribution in [0.2, 0.25) is 0 Å². The van der Waals surface area contributed by atoms with Crippen LogP contribution in [-0.4, -0.2) is 53.0 Å². The third-order valence-corrected chi connectivity index (χ3v) is 8.37. The molecule has 0 saturated carbocycles. The summed E-state index contributed by atoms with van der Waals surface area (Å²) in [6, 6.07) is 28.5. The second kappa shape index (κ2) is 17.5. The van der Waals surface area contributed by atoms with Crippen molar-refractivity contribution in [3.63, 3.8) is 0 Å². The first-order valence-corrected chi connectivity index (χ1v) is 16.5. The van der Waals surface area contributed by atoms with Crippen molar-refractivity contribution in [1.82, 2.24) is 9.88 Å². The van der Waals surface area contributed by atoms with Gasteiger partial charge in [0.1, 0.15) is 0 Å². The standard InChI is InChI=1S/C38H45N5O5/c1-43(23-21-30-8-6-7-22-40-30)25-32-24-35(28-15-13-27(26-44)14-16-28)48-38(47-32)29-17-19-31(20-18-29)41-36(45)11-4-5-12-37(46)42-34-10-3-2-9-33(34)39/h2-3,6-10,13-20,22,32,35,38,44H,4-5,11-12,21,23-26,39H2,1H3,(H,41,45)(H,42,46)/t32-,35+,38+/m0/s1. The van der Waals surface area contributed by atoms with E-state index in [9.17, 15) is 14.7 Å². The Hall–Kier alpha value is -4.61. The maximum Gasteiger partial charge on any atom is 0.224 e. The van der Waals surface area contributed by atoms with E-state index in [0.717, 1.165) is 41.9 Å². The van der Waals surface area contributed by atoms with Crippen LogP contribution in [0, 0.1) is 0 Å². The summed E-state index contributed by atoms with van der Waals surface area (Å²) in [5, 5.41) is 15.3. The minimum Gasteiger partial charge on any atom is -0.397 e. The van der Waals surface area contributed by atoms with Crippen molar-refractivity contribution < 1.29 is 24.2 Å². The van der Waals surface area contributed by atoms with Gasteiger partial charge in [-0.15, -0.1) is 0 Å². The van der Waals surface area contributed by atoms with E-state index in [0.29, 0.717) is 49.2 Å². The maximum atomic E-state index is 12.6. The third kappa shape index (κ3) is 10.4. The molecule has 48 heavy (non-hydrogen) atoms. The SMILES string of the molecule is CN(CCc1ccccn1)C[C@@H]1C[C@H](c2ccc(CO)cc2)O[C@H](c2ccc(NC(=O)CCCCC(=O)Nc3ccccc3N)cc2)O1. The molecular formula is C38H45N5O5. The Morgan fingerprint density at radius 3 is 2.25 bits per heavy atom. The Balaban J connectivity index is 1.13. The van der Waals surface area contributed by atoms with E-state index in [-0.39, 0.29) is 30.6 Å². The number of anilines is 3. The first-order valence-electron chi connectivity index (χ1n) is 16.5. The summed E-state index contributed by atoms with van der Waals surface area (Å²) < 4.78 is 13.0. The van der Waals surface area contributed by atoms with Gasteiger partial charge in [0.2, 0.25) is 11.8 Å². The third-order valence-electron chi connectivity index (χ3n) is 8.37. The molecule has 1 aliphatic heterocycles. The van der Waals surface area contributed by atoms with Gasteiger partial charge in [-0.25, -0.2) is 0 Å². The number of ether oxygens (including phenoxy) is 2. The lowest BCUT2D eigenvalue weighted by Crippen LogP contribution is -2.38. The Kier molecular flexibility index (Phi) is 12.7. The topological polar surface area (TPSA) is 139 Å². The van der Waals surface area contributed by atoms with Gasteiger partial charge in [0, 0.05) is 61.9 Å². The van der Waals surface area contributed by atoms with Crippen molar-refractivity contribution in [3.8, 4) is 0 Å². The fraction of sp³-hybridized carbons (Fsp3) is 0.342. The van der Waals surface area contributed by atoms with Crippen LogP contribution in [0.3, 0.4) is 0 Å². The van der Waals surface area contributed by atoms with Crippen LogP contribution in [0.5, 0.6) is 0 Å². The van der Waals surface area contributed by atoms with Crippen molar-refractivity contribution >= 4 is 28.9 Å². The number of amides is 2. The minimum absolute atomic E-state index is 0.00798. The molecule has 1 aliphatic rings. The zero-order chi connectivity index (χ0) is 33.7. The van der Waals surface area contributed by atoms with Gasteiger partial charge in [0.15, 0.2) is 6.29 Å². The van der Waals surface area contributed by atoms with Crippen LogP contribution >= 0.6 is 0 Å². The number of carbonyl (C=O) groups is 2. The van der Waals surface area contributed by atoms with Gasteiger partial charge in [-0.05, 0) is 67.4 Å². The first-order chi connectivity index (χ1) is 23.4. The Labute approximate surface area is 282 Å². The molecule has 1 saturated heterocycles. The zero-order valence-electron chi connectivity index (χ0n) is 27.4. The predicted octanol–water partition coefficient (Wildman–Crippen LogP) is 6.01. The van der Waals surface area contributed by atoms with Gasteiger partial charge >= 0.3 is 0 Å². The highest BCUT2D eigenvalue weighted by Crippen LogP contribution is 2.38. The second-order valence-electron chi connectivity index (χ2n) is 12.2. The molecule has 1 fully saturated rings. The molecule has 1 aromatic heterocycles. The molecule has 0 bridgehead atoms. The molecule has 2 heterocycles. The van der Waals surface area contributed by atoms with E-state index in [2.05, 4.69) is 27.6 Å². The van der Waals surface area contributed by atoms with E-state index in [1.807, 2.05) is 85.1 Å². The van der Waals surface area contributed by atoms with Gasteiger partial charge in [0.05, 0.1) is 30.2 Å². The van der Waals surface area contributed by atoms with Crippen LogP contribution in [-0.2, 0) is 32.1 Å². The molecule has 4 aromatic rings. The van der Waals surface area contributed by atoms with Gasteiger partial charge in [-0.2, -0.15) is 0 Å². The predicted molar refractivity (Wildman–Crippen MR) is 187 cm³/mol. The molecule has 252 valence electrons. The lowest BCUT2D eigenvalue weighted by atomic mass is 9.99. The van der Waals surface area contributed by atoms with Crippen molar-refractivity contribution in [1.29, 1.82) is 0 Å². The largest absolute Gasteiger partial charge is 0.397 e. The van der Waals surface area contributed by atoms with Crippen molar-refractivity contribution in [2.75, 3.05) is 36.5 Å². The number of pyridine rings is 1. The number of aromatic nitrogens is 1. The lowest BCUT2D eigenvalue weighted by molar-refractivity contribution is -0.252. The summed E-state index contributed by atoms with van der Waals surface area (Å²) >= 11 is 0. The molecule has 10 nitrogen and oxygen atoms in total. The molecule has 3 atom stereocenters. The number of nitrogens with one attached hydrogen (secondary N) is 2. The number of carbonyl (C=O) groups excluding carboxylic acids is 2. The summed E-state index contributed by atoms with van der Waals surface area (Å²) in [5.41, 5.74) is 11.5. The van der Waals surface area contributed by atoms with Gasteiger partial charge in [-0.1, -0.05) is 54.6 Å². The highest BCUT2D eigenvalue weighted by molar-refractivity contribution is 5.94. The molecule has 3 aromatic carbocycles. The second-order valence-corrected chi connectivity index (χ2v) is 12.2. The zero-order valence-corrected chi connectivity index (χ0v) is 27.4. The molecule has 10 heteroatoms. The summed E-state index contributed by atoms with van der Waals surface area (Å²) in [6.45, 7) is 1.57. The number of aliphatic hydroxyl groups is 1. The molecule has 2 amide bonds. The maximum absolute atomic E-state index is 12.6. The molecule has 5 rings (SSSR count). The normalized spacial score (nSPS) is 17.6. The van der Waals surface area contributed by atoms with E-state index in [4.69, 9.17) is 15.2 Å². The van der Waals surface area contributed by atoms with Crippen molar-refractivity contribution in [2.24, 2.45) is 0 Å². The molecular weight excluding hydrogens is 606 g/mol. The van der Waals surface area contributed by atoms with Crippen LogP contribution < -0.4 is 16.4 Å². The van der Waals surface area contributed by atoms with Crippen LogP contribution in [0.4, 0.5) is 17.1 Å². The highest BCUT2D eigenvalue weighted by Gasteiger charge is 2.32. The number of likely N-dealkylation sites (N-methyl/N-ethyl adjacent to an activating group) is 1. The summed E-state index contributed by atoms with van der Waals surface area (Å²) in [5.74, 6) is -0.236. The van der Waals surface area contributed by atoms with E-state index in [1.54, 1.807) is 12.1 Å². The van der Waals surface area contributed by atoms with Crippen LogP contribution in [0.25, 0.3) is 0 Å². The number of hydrogen-bond donors (Lipinski definition) is 4. The number of nitrogens with zero attached hydrogens (tertiary/aromatic N) is 2. The highest BCUT2D eigenvalue weighted by atomic mass is 16.7. The quantitative estimate of drug-likeness (QED) is 0.0905. The summed E-state index contributed by atoms with van der Waals surface area (Å²) in [7, 11) is 2.09. The number of para-hydroxylation sites is 2. The number of nitrogens with two attached hydrogens (primary N) is 1. The molecule has 5 N–H and O–H groups in total. The first kappa shape index (κ1) is 34.7. The molecule has 0 radical (unpaired) electrons.